The van der Waals surface area contributed by atoms with Crippen LogP contribution < -0.4 is 0 Å². The molecule has 98 valence electrons. The number of carboxylic acid groups (broad SMARTS) is 1. The van der Waals surface area contributed by atoms with Crippen LogP contribution in [0, 0.1) is 0 Å². The van der Waals surface area contributed by atoms with Gasteiger partial charge in [0.1, 0.15) is 0 Å². The van der Waals surface area contributed by atoms with E-state index in [0.717, 1.165) is 6.08 Å². The van der Waals surface area contributed by atoms with Crippen LogP contribution in [0.3, 0.4) is 0 Å². The molecular weight excluding hydrogens is 232 g/mol. The minimum Gasteiger partial charge on any atom is -0.504 e. The van der Waals surface area contributed by atoms with Crippen molar-refractivity contribution >= 4 is 12.0 Å². The first kappa shape index (κ1) is 15.8. The molecule has 1 rings (SSSR count). The van der Waals surface area contributed by atoms with Gasteiger partial charge in [-0.05, 0) is 44.5 Å². The van der Waals surface area contributed by atoms with Gasteiger partial charge in [0.05, 0.1) is 0 Å². The van der Waals surface area contributed by atoms with Crippen LogP contribution in [0.2, 0.25) is 0 Å². The maximum Gasteiger partial charge on any atom is 0.328 e. The molecule has 0 aliphatic rings. The van der Waals surface area contributed by atoms with Gasteiger partial charge < -0.3 is 15.3 Å². The summed E-state index contributed by atoms with van der Waals surface area (Å²) >= 11 is 0. The number of rotatable bonds is 2. The average Bonchev–Trinajstić information content (AvgIpc) is 2.31. The second-order valence-corrected chi connectivity index (χ2v) is 3.79. The van der Waals surface area contributed by atoms with E-state index in [-0.39, 0.29) is 11.5 Å². The largest absolute Gasteiger partial charge is 0.504 e. The molecule has 0 fully saturated rings. The zero-order valence-electron chi connectivity index (χ0n) is 10.7. The quantitative estimate of drug-likeness (QED) is 0.428. The van der Waals surface area contributed by atoms with E-state index < -0.39 is 5.97 Å². The van der Waals surface area contributed by atoms with Crippen molar-refractivity contribution in [3.63, 3.8) is 0 Å². The molecule has 0 aliphatic carbocycles. The van der Waals surface area contributed by atoms with Gasteiger partial charge in [-0.1, -0.05) is 17.7 Å². The lowest BCUT2D eigenvalue weighted by Gasteiger charge is -1.97. The molecule has 0 spiro atoms. The molecule has 0 atom stereocenters. The van der Waals surface area contributed by atoms with Gasteiger partial charge in [-0.25, -0.2) is 4.79 Å². The number of benzene rings is 1. The first-order chi connectivity index (χ1) is 8.36. The van der Waals surface area contributed by atoms with Crippen LogP contribution >= 0.6 is 0 Å². The lowest BCUT2D eigenvalue weighted by atomic mass is 10.2. The van der Waals surface area contributed by atoms with E-state index in [1.807, 2.05) is 6.92 Å². The molecule has 0 aromatic heterocycles. The Bertz CT molecular complexity index is 455. The third kappa shape index (κ3) is 7.11. The first-order valence-electron chi connectivity index (χ1n) is 5.39. The van der Waals surface area contributed by atoms with Gasteiger partial charge in [0.15, 0.2) is 11.5 Å². The summed E-state index contributed by atoms with van der Waals surface area (Å²) in [4.78, 5) is 10.1. The van der Waals surface area contributed by atoms with Gasteiger partial charge >= 0.3 is 5.97 Å². The predicted molar refractivity (Wildman–Crippen MR) is 71.5 cm³/mol. The summed E-state index contributed by atoms with van der Waals surface area (Å²) in [6.45, 7) is 6.20. The highest BCUT2D eigenvalue weighted by atomic mass is 16.4. The number of phenolic OH excluding ortho intramolecular Hbond substituents is 2. The molecule has 18 heavy (non-hydrogen) atoms. The fourth-order valence-corrected chi connectivity index (χ4v) is 0.812. The smallest absolute Gasteiger partial charge is 0.328 e. The third-order valence-electron chi connectivity index (χ3n) is 2.00. The zero-order chi connectivity index (χ0) is 14.1. The highest BCUT2D eigenvalue weighted by Gasteiger charge is 1.97. The van der Waals surface area contributed by atoms with E-state index >= 15 is 0 Å². The number of hydrogen-bond acceptors (Lipinski definition) is 3. The van der Waals surface area contributed by atoms with Gasteiger partial charge in [0, 0.05) is 6.08 Å². The van der Waals surface area contributed by atoms with Crippen LogP contribution in [-0.4, -0.2) is 21.3 Å². The molecule has 3 N–H and O–H groups in total. The van der Waals surface area contributed by atoms with Crippen molar-refractivity contribution in [1.82, 2.24) is 0 Å². The Morgan fingerprint density at radius 3 is 2.11 bits per heavy atom. The molecule has 0 saturated heterocycles. The second kappa shape index (κ2) is 7.95. The molecule has 4 heteroatoms. The van der Waals surface area contributed by atoms with Gasteiger partial charge in [0.2, 0.25) is 0 Å². The number of allylic oxidation sites excluding steroid dienone is 2. The van der Waals surface area contributed by atoms with Crippen molar-refractivity contribution in [2.45, 2.75) is 20.8 Å². The molecular formula is C14H18O4. The Labute approximate surface area is 107 Å². The average molecular weight is 250 g/mol. The summed E-state index contributed by atoms with van der Waals surface area (Å²) in [6.07, 6.45) is 4.35. The number of aromatic hydroxyl groups is 2. The van der Waals surface area contributed by atoms with Gasteiger partial charge in [-0.15, -0.1) is 0 Å². The Kier molecular flexibility index (Phi) is 6.96. The van der Waals surface area contributed by atoms with E-state index in [0.29, 0.717) is 5.56 Å². The lowest BCUT2D eigenvalue weighted by molar-refractivity contribution is -0.131. The maximum atomic E-state index is 10.1. The molecule has 0 radical (unpaired) electrons. The molecule has 4 nitrogen and oxygen atoms in total. The van der Waals surface area contributed by atoms with E-state index in [1.54, 1.807) is 0 Å². The van der Waals surface area contributed by atoms with Crippen molar-refractivity contribution in [2.24, 2.45) is 0 Å². The summed E-state index contributed by atoms with van der Waals surface area (Å²) in [6, 6.07) is 4.06. The molecule has 0 heterocycles. The minimum atomic E-state index is -1.06. The zero-order valence-corrected chi connectivity index (χ0v) is 10.7. The maximum absolute atomic E-state index is 10.1. The molecule has 0 aliphatic heterocycles. The number of carbonyl (C=O) groups is 1. The Balaban J connectivity index is 0.000000494. The summed E-state index contributed by atoms with van der Waals surface area (Å²) in [5.41, 5.74) is 1.89. The first-order valence-corrected chi connectivity index (χ1v) is 5.39. The molecule has 0 amide bonds. The van der Waals surface area contributed by atoms with Crippen LogP contribution in [0.4, 0.5) is 0 Å². The highest BCUT2D eigenvalue weighted by Crippen LogP contribution is 2.25. The monoisotopic (exact) mass is 250 g/mol. The van der Waals surface area contributed by atoms with Crippen molar-refractivity contribution < 1.29 is 20.1 Å². The molecule has 0 bridgehead atoms. The van der Waals surface area contributed by atoms with Gasteiger partial charge in [-0.3, -0.25) is 0 Å². The summed E-state index contributed by atoms with van der Waals surface area (Å²) in [5.74, 6) is -1.56. The lowest BCUT2D eigenvalue weighted by Crippen LogP contribution is -1.85. The van der Waals surface area contributed by atoms with Gasteiger partial charge in [0.25, 0.3) is 0 Å². The topological polar surface area (TPSA) is 77.8 Å². The van der Waals surface area contributed by atoms with Crippen LogP contribution in [0.1, 0.15) is 26.3 Å². The summed E-state index contributed by atoms with van der Waals surface area (Å²) < 4.78 is 0. The van der Waals surface area contributed by atoms with E-state index in [4.69, 9.17) is 15.3 Å². The SMILES string of the molecule is CC=C(C)C.O=C(O)/C=C/c1ccc(O)c(O)c1. The van der Waals surface area contributed by atoms with Crippen LogP contribution in [0.5, 0.6) is 11.5 Å². The Morgan fingerprint density at radius 2 is 1.72 bits per heavy atom. The predicted octanol–water partition coefficient (Wildman–Crippen LogP) is 3.17. The van der Waals surface area contributed by atoms with E-state index in [1.165, 1.54) is 29.8 Å². The number of phenols is 2. The Hall–Kier alpha value is -2.23. The van der Waals surface area contributed by atoms with Gasteiger partial charge in [-0.2, -0.15) is 0 Å². The van der Waals surface area contributed by atoms with Crippen LogP contribution in [-0.2, 0) is 4.79 Å². The molecule has 1 aromatic rings. The minimum absolute atomic E-state index is 0.229. The van der Waals surface area contributed by atoms with E-state index in [2.05, 4.69) is 19.9 Å². The fourth-order valence-electron chi connectivity index (χ4n) is 0.812. The number of carboxylic acids is 1. The highest BCUT2D eigenvalue weighted by molar-refractivity contribution is 5.85. The number of aliphatic carboxylic acids is 1. The number of hydrogen-bond donors (Lipinski definition) is 3. The van der Waals surface area contributed by atoms with Crippen LogP contribution in [0.25, 0.3) is 6.08 Å². The second-order valence-electron chi connectivity index (χ2n) is 3.79. The van der Waals surface area contributed by atoms with Crippen LogP contribution in [0.15, 0.2) is 35.9 Å². The molecule has 0 unspecified atom stereocenters. The third-order valence-corrected chi connectivity index (χ3v) is 2.00. The van der Waals surface area contributed by atoms with E-state index in [9.17, 15) is 4.79 Å². The Morgan fingerprint density at radius 1 is 1.17 bits per heavy atom. The summed E-state index contributed by atoms with van der Waals surface area (Å²) in [7, 11) is 0. The fraction of sp³-hybridized carbons (Fsp3) is 0.214. The van der Waals surface area contributed by atoms with Crippen molar-refractivity contribution in [3.05, 3.63) is 41.5 Å². The van der Waals surface area contributed by atoms with Crippen molar-refractivity contribution in [1.29, 1.82) is 0 Å². The molecule has 1 aromatic carbocycles. The normalized spacial score (nSPS) is 9.50. The standard InChI is InChI=1S/C9H8O4.C5H10/c10-7-3-1-6(5-8(7)11)2-4-9(12)13;1-4-5(2)3/h1-5,10-11H,(H,12,13);4H,1-3H3/b4-2+;. The van der Waals surface area contributed by atoms with Crippen molar-refractivity contribution in [3.8, 4) is 11.5 Å². The van der Waals surface area contributed by atoms with Crippen molar-refractivity contribution in [2.75, 3.05) is 0 Å². The summed E-state index contributed by atoms with van der Waals surface area (Å²) in [5, 5.41) is 26.3. The molecule has 0 saturated carbocycles.